The topological polar surface area (TPSA) is 270 Å². The Bertz CT molecular complexity index is 2190. The van der Waals surface area contributed by atoms with Gasteiger partial charge in [0.1, 0.15) is 5.60 Å². The molecule has 8 aliphatic carbocycles. The predicted molar refractivity (Wildman–Crippen MR) is 280 cm³/mol. The van der Waals surface area contributed by atoms with Crippen molar-refractivity contribution in [2.75, 3.05) is 26.7 Å². The van der Waals surface area contributed by atoms with Gasteiger partial charge in [-0.25, -0.2) is 0 Å². The van der Waals surface area contributed by atoms with Crippen LogP contribution in [0.1, 0.15) is 156 Å². The third-order valence-electron chi connectivity index (χ3n) is 22.3. The Balaban J connectivity index is 1.18. The smallest absolute Gasteiger partial charge is 0.182 e. The number of Topliss-reactive ketones (excluding diaryl/α,β-unsaturated/α-hetero) is 1. The van der Waals surface area contributed by atoms with Gasteiger partial charge in [0.25, 0.3) is 0 Å². The normalized spacial score (nSPS) is 48.2. The molecule has 0 bridgehead atoms. The standard InChI is InChI=1S/C59H94N4O11/c1-5-8-34-13-17-39-45(19-14-34)74-53-48(39)42(66)10-6-23-59(53,73)54(3,70)46-22-25-58(72)49-50(62-30-33(2)65)51(69)40-27-43(67)44(68)29-55(40)28-36(38-18-20-47(60)63-41(38)9-7-26-64)21-24-56(71,52(49)55)32-57(46,58)37-15-11-35(12-16-37)31-61-4/h18,20-21,24,33-37,39-40,42-48,52-53,61-68,70-73H,5-17,19,22-23,25-32,60H2,1-4H3/t33-,34+,35?,36+,37?,39+,40-,42+,43+,44-,45+,46+,47?,48+,52-,53+,54+,55-,56+,57-,58+,59+/m0/s1. The van der Waals surface area contributed by atoms with E-state index >= 15 is 4.79 Å². The summed E-state index contributed by atoms with van der Waals surface area (Å²) in [5, 5.41) is 124. The Morgan fingerprint density at radius 1 is 0.946 bits per heavy atom. The van der Waals surface area contributed by atoms with Crippen LogP contribution in [0, 0.1) is 64.1 Å². The Hall–Kier alpha value is -2.25. The lowest BCUT2D eigenvalue weighted by Crippen LogP contribution is -2.74. The zero-order chi connectivity index (χ0) is 52.8. The van der Waals surface area contributed by atoms with E-state index in [0.29, 0.717) is 55.9 Å². The van der Waals surface area contributed by atoms with Crippen LogP contribution in [0.3, 0.4) is 0 Å². The number of carbonyl (C=O) groups is 1. The summed E-state index contributed by atoms with van der Waals surface area (Å²) in [5.74, 6) is -3.16. The molecule has 1 spiro atoms. The van der Waals surface area contributed by atoms with Crippen LogP contribution >= 0.6 is 0 Å². The molecule has 1 saturated heterocycles. The minimum absolute atomic E-state index is 0.00579. The fraction of sp³-hybridized carbons (Fsp3) is 0.847. The SMILES string of the molecule is CCC[C@@H]1CC[C@H]2[C@@H]3[C@H](O)CCC[C@](O)([C@](C)(O)[C@H]4CC[C@@]5(O)C6=C(NC[C@H](C)O)C(=O)[C@@H]7C[C@@H](O)[C@@H](O)C[C@@]78C[C@H](C7=C(CCCO)NC(N)C=C7)C=C[C@@](O)(C[C@]45C4CCC(CNC)CC4)[C@@H]68)[C@@H]3O[C@@H]2CC1. The number of aliphatic hydroxyl groups excluding tert-OH is 5. The highest BCUT2D eigenvalue weighted by Gasteiger charge is 2.80. The van der Waals surface area contributed by atoms with E-state index in [1.807, 2.05) is 31.4 Å². The van der Waals surface area contributed by atoms with Crippen LogP contribution in [0.25, 0.3) is 0 Å². The molecule has 416 valence electrons. The van der Waals surface area contributed by atoms with E-state index in [9.17, 15) is 46.0 Å². The van der Waals surface area contributed by atoms with Crippen molar-refractivity contribution in [1.29, 1.82) is 0 Å². The average Bonchev–Trinajstić information content (AvgIpc) is 3.71. The summed E-state index contributed by atoms with van der Waals surface area (Å²) in [6.45, 7) is 6.35. The number of aliphatic hydroxyl groups is 9. The molecule has 0 aromatic carbocycles. The number of dihydropyridines is 1. The molecule has 2 heterocycles. The summed E-state index contributed by atoms with van der Waals surface area (Å²) in [6, 6.07) is 0. The van der Waals surface area contributed by atoms with Crippen molar-refractivity contribution in [3.05, 3.63) is 46.8 Å². The van der Waals surface area contributed by atoms with Gasteiger partial charge in [-0.3, -0.25) is 4.79 Å². The van der Waals surface area contributed by atoms with Crippen LogP contribution in [0.15, 0.2) is 46.8 Å². The van der Waals surface area contributed by atoms with Crippen molar-refractivity contribution >= 4 is 5.78 Å². The summed E-state index contributed by atoms with van der Waals surface area (Å²) in [7, 11) is 1.96. The third kappa shape index (κ3) is 8.69. The van der Waals surface area contributed by atoms with E-state index in [1.165, 1.54) is 0 Å². The number of ether oxygens (including phenoxy) is 1. The number of nitrogens with two attached hydrogens (primary N) is 1. The van der Waals surface area contributed by atoms with E-state index in [2.05, 4.69) is 22.9 Å². The maximum Gasteiger partial charge on any atom is 0.182 e. The molecular formula is C59H94N4O11. The van der Waals surface area contributed by atoms with Crippen molar-refractivity contribution in [3.63, 3.8) is 0 Å². The first-order valence-corrected chi connectivity index (χ1v) is 29.4. The fourth-order valence-corrected chi connectivity index (χ4v) is 19.2. The van der Waals surface area contributed by atoms with Crippen molar-refractivity contribution in [2.24, 2.45) is 69.8 Å². The second-order valence-electron chi connectivity index (χ2n) is 26.2. The lowest BCUT2D eigenvalue weighted by atomic mass is 9.37. The van der Waals surface area contributed by atoms with Crippen LogP contribution in [0.2, 0.25) is 0 Å². The highest BCUT2D eigenvalue weighted by atomic mass is 16.5. The van der Waals surface area contributed by atoms with Gasteiger partial charge in [0.2, 0.25) is 0 Å². The molecule has 74 heavy (non-hydrogen) atoms. The molecule has 20 atom stereocenters. The molecule has 1 unspecified atom stereocenters. The second kappa shape index (κ2) is 20.8. The zero-order valence-corrected chi connectivity index (χ0v) is 44.9. The summed E-state index contributed by atoms with van der Waals surface area (Å²) >= 11 is 0. The molecule has 10 rings (SSSR count). The first-order valence-electron chi connectivity index (χ1n) is 29.4. The van der Waals surface area contributed by atoms with E-state index in [1.54, 1.807) is 13.8 Å². The molecule has 6 saturated carbocycles. The number of carbonyl (C=O) groups excluding carboxylic acids is 1. The maximum absolute atomic E-state index is 16.0. The van der Waals surface area contributed by atoms with Gasteiger partial charge in [-0.2, -0.15) is 0 Å². The van der Waals surface area contributed by atoms with Gasteiger partial charge in [-0.05, 0) is 195 Å². The third-order valence-corrected chi connectivity index (χ3v) is 22.3. The molecule has 0 aromatic rings. The molecule has 7 fully saturated rings. The van der Waals surface area contributed by atoms with Crippen LogP contribution in [0.4, 0.5) is 0 Å². The number of hydrogen-bond acceptors (Lipinski definition) is 15. The van der Waals surface area contributed by atoms with Crippen LogP contribution in [-0.4, -0.2) is 144 Å². The Labute approximate surface area is 440 Å². The van der Waals surface area contributed by atoms with E-state index in [-0.39, 0.29) is 87.5 Å². The van der Waals surface area contributed by atoms with Gasteiger partial charge < -0.3 is 72.4 Å². The lowest BCUT2D eigenvalue weighted by Gasteiger charge is -2.69. The van der Waals surface area contributed by atoms with Crippen molar-refractivity contribution in [1.82, 2.24) is 16.0 Å². The van der Waals surface area contributed by atoms with Crippen molar-refractivity contribution in [3.8, 4) is 0 Å². The number of hydrogen-bond donors (Lipinski definition) is 13. The molecular weight excluding hydrogens is 941 g/mol. The van der Waals surface area contributed by atoms with E-state index in [0.717, 1.165) is 69.2 Å². The number of allylic oxidation sites excluding steroid dienone is 5. The monoisotopic (exact) mass is 1030 g/mol. The molecule has 0 radical (unpaired) electrons. The Morgan fingerprint density at radius 2 is 1.69 bits per heavy atom. The first kappa shape index (κ1) is 55.1. The van der Waals surface area contributed by atoms with E-state index in [4.69, 9.17) is 10.5 Å². The minimum atomic E-state index is -1.94. The minimum Gasteiger partial charge on any atom is -0.396 e. The maximum atomic E-state index is 16.0. The molecule has 15 nitrogen and oxygen atoms in total. The Kier molecular flexibility index (Phi) is 15.5. The highest BCUT2D eigenvalue weighted by Crippen LogP contribution is 2.77. The lowest BCUT2D eigenvalue weighted by molar-refractivity contribution is -0.276. The summed E-state index contributed by atoms with van der Waals surface area (Å²) in [4.78, 5) is 16.0. The number of nitrogens with one attached hydrogen (secondary N) is 3. The molecule has 2 aliphatic heterocycles. The highest BCUT2D eigenvalue weighted by molar-refractivity contribution is 6.00. The first-order chi connectivity index (χ1) is 35.2. The number of fused-ring (bicyclic) bond motifs is 5. The second-order valence-corrected chi connectivity index (χ2v) is 26.2. The van der Waals surface area contributed by atoms with Gasteiger partial charge in [-0.15, -0.1) is 0 Å². The molecule has 0 amide bonds. The zero-order valence-electron chi connectivity index (χ0n) is 44.9. The summed E-state index contributed by atoms with van der Waals surface area (Å²) in [6.07, 6.45) is 13.9. The molecule has 15 heteroatoms. The van der Waals surface area contributed by atoms with Crippen LogP contribution < -0.4 is 21.7 Å². The molecule has 0 aromatic heterocycles. The fourth-order valence-electron chi connectivity index (χ4n) is 19.2. The summed E-state index contributed by atoms with van der Waals surface area (Å²) in [5.41, 5.74) is -1.34. The summed E-state index contributed by atoms with van der Waals surface area (Å²) < 4.78 is 7.16. The van der Waals surface area contributed by atoms with Crippen molar-refractivity contribution in [2.45, 2.75) is 221 Å². The van der Waals surface area contributed by atoms with Crippen LogP contribution in [-0.2, 0) is 9.53 Å². The Morgan fingerprint density at radius 3 is 2.41 bits per heavy atom. The van der Waals surface area contributed by atoms with Gasteiger partial charge in [0.15, 0.2) is 5.78 Å². The van der Waals surface area contributed by atoms with Gasteiger partial charge >= 0.3 is 0 Å². The van der Waals surface area contributed by atoms with Gasteiger partial charge in [-0.1, -0.05) is 44.4 Å². The van der Waals surface area contributed by atoms with E-state index < -0.39 is 99.5 Å². The number of rotatable bonds is 14. The van der Waals surface area contributed by atoms with Gasteiger partial charge in [0, 0.05) is 47.9 Å². The molecule has 10 aliphatic rings. The van der Waals surface area contributed by atoms with Crippen molar-refractivity contribution < 1.29 is 55.5 Å². The number of ketones is 1. The van der Waals surface area contributed by atoms with Gasteiger partial charge in [0.05, 0.1) is 65.3 Å². The molecule has 14 N–H and O–H groups in total. The average molecular weight is 1040 g/mol. The predicted octanol–water partition coefficient (Wildman–Crippen LogP) is 3.88. The largest absolute Gasteiger partial charge is 0.396 e. The van der Waals surface area contributed by atoms with Crippen LogP contribution in [0.5, 0.6) is 0 Å². The quantitative estimate of drug-likeness (QED) is 0.110.